The maximum Gasteiger partial charge on any atom is 0.195 e. The van der Waals surface area contributed by atoms with Gasteiger partial charge in [-0.2, -0.15) is 16.9 Å². The molecule has 0 bridgehead atoms. The molecule has 86 valence electrons. The second kappa shape index (κ2) is 6.33. The Morgan fingerprint density at radius 3 is 2.93 bits per heavy atom. The smallest absolute Gasteiger partial charge is 0.195 e. The number of nitrogens with zero attached hydrogens (tertiary/aromatic N) is 2. The van der Waals surface area contributed by atoms with E-state index in [9.17, 15) is 0 Å². The van der Waals surface area contributed by atoms with Gasteiger partial charge in [0, 0.05) is 18.2 Å². The summed E-state index contributed by atoms with van der Waals surface area (Å²) in [6, 6.07) is 0. The van der Waals surface area contributed by atoms with Gasteiger partial charge in [-0.05, 0) is 31.3 Å². The van der Waals surface area contributed by atoms with Crippen LogP contribution >= 0.6 is 24.0 Å². The Morgan fingerprint density at radius 2 is 2.33 bits per heavy atom. The Hall–Kier alpha value is -0.290. The van der Waals surface area contributed by atoms with Crippen molar-refractivity contribution in [1.82, 2.24) is 14.8 Å². The molecule has 1 atom stereocenters. The average Bonchev–Trinajstić information content (AvgIpc) is 2.57. The molecule has 1 unspecified atom stereocenters. The van der Waals surface area contributed by atoms with Crippen LogP contribution in [-0.4, -0.2) is 26.3 Å². The summed E-state index contributed by atoms with van der Waals surface area (Å²) < 4.78 is 2.89. The Balaban J connectivity index is 2.66. The van der Waals surface area contributed by atoms with Gasteiger partial charge in [0.1, 0.15) is 5.82 Å². The summed E-state index contributed by atoms with van der Waals surface area (Å²) in [5.74, 6) is 1.09. The molecule has 0 aliphatic rings. The third kappa shape index (κ3) is 3.65. The van der Waals surface area contributed by atoms with Gasteiger partial charge in [-0.3, -0.25) is 5.10 Å². The minimum atomic E-state index is 0.677. The summed E-state index contributed by atoms with van der Waals surface area (Å²) in [6.45, 7) is 5.38. The molecular weight excluding hydrogens is 226 g/mol. The molecule has 1 N–H and O–H groups in total. The molecule has 0 saturated heterocycles. The fraction of sp³-hybridized carbons (Fsp3) is 0.800. The van der Waals surface area contributed by atoms with Crippen molar-refractivity contribution in [1.29, 1.82) is 0 Å². The van der Waals surface area contributed by atoms with Crippen LogP contribution < -0.4 is 0 Å². The molecule has 1 heterocycles. The lowest BCUT2D eigenvalue weighted by molar-refractivity contribution is 0.599. The molecule has 0 aliphatic carbocycles. The highest BCUT2D eigenvalue weighted by molar-refractivity contribution is 7.99. The van der Waals surface area contributed by atoms with E-state index in [-0.39, 0.29) is 0 Å². The van der Waals surface area contributed by atoms with Crippen molar-refractivity contribution in [2.45, 2.75) is 44.9 Å². The van der Waals surface area contributed by atoms with Crippen molar-refractivity contribution >= 4 is 24.0 Å². The maximum absolute atomic E-state index is 5.21. The fourth-order valence-corrected chi connectivity index (χ4v) is 2.01. The monoisotopic (exact) mass is 245 g/mol. The molecule has 0 aromatic carbocycles. The van der Waals surface area contributed by atoms with E-state index in [2.05, 4.69) is 34.9 Å². The van der Waals surface area contributed by atoms with Gasteiger partial charge < -0.3 is 4.57 Å². The van der Waals surface area contributed by atoms with E-state index in [1.54, 1.807) is 0 Å². The summed E-state index contributed by atoms with van der Waals surface area (Å²) in [4.78, 5) is 0. The van der Waals surface area contributed by atoms with Crippen LogP contribution in [-0.2, 0) is 13.0 Å². The molecule has 15 heavy (non-hydrogen) atoms. The number of rotatable bonds is 6. The van der Waals surface area contributed by atoms with Gasteiger partial charge >= 0.3 is 0 Å². The second-order valence-electron chi connectivity index (χ2n) is 3.68. The van der Waals surface area contributed by atoms with Crippen LogP contribution in [0.2, 0.25) is 0 Å². The van der Waals surface area contributed by atoms with Gasteiger partial charge in [0.25, 0.3) is 0 Å². The standard InChI is InChI=1S/C10H19N3S2/c1-4-5-9-11-12-10(14)13(9)7-6-8(2)15-3/h8H,4-7H2,1-3H3,(H,12,14). The van der Waals surface area contributed by atoms with Gasteiger partial charge in [-0.1, -0.05) is 13.8 Å². The zero-order valence-corrected chi connectivity index (χ0v) is 11.2. The Kier molecular flexibility index (Phi) is 5.39. The molecule has 0 saturated carbocycles. The maximum atomic E-state index is 5.21. The van der Waals surface area contributed by atoms with Crippen molar-refractivity contribution in [2.75, 3.05) is 6.26 Å². The minimum Gasteiger partial charge on any atom is -0.304 e. The topological polar surface area (TPSA) is 33.6 Å². The highest BCUT2D eigenvalue weighted by Gasteiger charge is 2.06. The lowest BCUT2D eigenvalue weighted by atomic mass is 10.3. The van der Waals surface area contributed by atoms with Gasteiger partial charge in [0.15, 0.2) is 4.77 Å². The van der Waals surface area contributed by atoms with Crippen LogP contribution in [0.5, 0.6) is 0 Å². The number of hydrogen-bond acceptors (Lipinski definition) is 3. The predicted octanol–water partition coefficient (Wildman–Crippen LogP) is 3.03. The molecular formula is C10H19N3S2. The highest BCUT2D eigenvalue weighted by Crippen LogP contribution is 2.12. The summed E-state index contributed by atoms with van der Waals surface area (Å²) in [6.07, 6.45) is 5.40. The number of aromatic amines is 1. The van der Waals surface area contributed by atoms with Crippen molar-refractivity contribution in [3.63, 3.8) is 0 Å². The number of thioether (sulfide) groups is 1. The van der Waals surface area contributed by atoms with E-state index in [0.717, 1.165) is 36.4 Å². The normalized spacial score (nSPS) is 13.0. The van der Waals surface area contributed by atoms with E-state index in [1.165, 1.54) is 0 Å². The van der Waals surface area contributed by atoms with Crippen molar-refractivity contribution in [3.05, 3.63) is 10.6 Å². The van der Waals surface area contributed by atoms with Crippen molar-refractivity contribution in [3.8, 4) is 0 Å². The molecule has 0 amide bonds. The van der Waals surface area contributed by atoms with Gasteiger partial charge in [0.2, 0.25) is 0 Å². The first-order valence-electron chi connectivity index (χ1n) is 5.35. The first kappa shape index (κ1) is 12.8. The van der Waals surface area contributed by atoms with Crippen LogP contribution in [0, 0.1) is 4.77 Å². The van der Waals surface area contributed by atoms with E-state index in [4.69, 9.17) is 12.2 Å². The fourth-order valence-electron chi connectivity index (χ4n) is 1.42. The Bertz CT molecular complexity index is 343. The average molecular weight is 245 g/mol. The highest BCUT2D eigenvalue weighted by atomic mass is 32.2. The van der Waals surface area contributed by atoms with Crippen LogP contribution in [0.1, 0.15) is 32.5 Å². The second-order valence-corrected chi connectivity index (χ2v) is 5.34. The molecule has 0 spiro atoms. The van der Waals surface area contributed by atoms with E-state index < -0.39 is 0 Å². The predicted molar refractivity (Wildman–Crippen MR) is 69.0 cm³/mol. The third-order valence-corrected chi connectivity index (χ3v) is 3.82. The van der Waals surface area contributed by atoms with Crippen molar-refractivity contribution < 1.29 is 0 Å². The van der Waals surface area contributed by atoms with Crippen LogP contribution in [0.15, 0.2) is 0 Å². The summed E-state index contributed by atoms with van der Waals surface area (Å²) >= 11 is 7.11. The first-order chi connectivity index (χ1) is 7.19. The van der Waals surface area contributed by atoms with Crippen molar-refractivity contribution in [2.24, 2.45) is 0 Å². The van der Waals surface area contributed by atoms with E-state index >= 15 is 0 Å². The minimum absolute atomic E-state index is 0.677. The Labute approximate surface area is 101 Å². The summed E-state index contributed by atoms with van der Waals surface area (Å²) in [7, 11) is 0. The Morgan fingerprint density at radius 1 is 1.60 bits per heavy atom. The number of nitrogens with one attached hydrogen (secondary N) is 1. The molecule has 0 fully saturated rings. The summed E-state index contributed by atoms with van der Waals surface area (Å²) in [5.41, 5.74) is 0. The third-order valence-electron chi connectivity index (χ3n) is 2.47. The van der Waals surface area contributed by atoms with E-state index in [0.29, 0.717) is 5.25 Å². The van der Waals surface area contributed by atoms with Gasteiger partial charge in [-0.15, -0.1) is 0 Å². The van der Waals surface area contributed by atoms with Crippen LogP contribution in [0.25, 0.3) is 0 Å². The number of aryl methyl sites for hydroxylation is 1. The molecule has 1 rings (SSSR count). The first-order valence-corrected chi connectivity index (χ1v) is 7.05. The number of hydrogen-bond donors (Lipinski definition) is 1. The van der Waals surface area contributed by atoms with Gasteiger partial charge in [0.05, 0.1) is 0 Å². The lowest BCUT2D eigenvalue weighted by Crippen LogP contribution is -2.08. The van der Waals surface area contributed by atoms with E-state index in [1.807, 2.05) is 11.8 Å². The largest absolute Gasteiger partial charge is 0.304 e. The molecule has 5 heteroatoms. The lowest BCUT2D eigenvalue weighted by Gasteiger charge is -2.09. The summed E-state index contributed by atoms with van der Waals surface area (Å²) in [5, 5.41) is 7.80. The zero-order chi connectivity index (χ0) is 11.3. The number of H-pyrrole nitrogens is 1. The SMILES string of the molecule is CCCc1n[nH]c(=S)n1CCC(C)SC. The molecule has 0 radical (unpaired) electrons. The molecule has 0 aliphatic heterocycles. The molecule has 1 aromatic rings. The van der Waals surface area contributed by atoms with Gasteiger partial charge in [-0.25, -0.2) is 0 Å². The number of aromatic nitrogens is 3. The molecule has 1 aromatic heterocycles. The van der Waals surface area contributed by atoms with Crippen LogP contribution in [0.4, 0.5) is 0 Å². The molecule has 3 nitrogen and oxygen atoms in total. The quantitative estimate of drug-likeness (QED) is 0.782. The zero-order valence-electron chi connectivity index (χ0n) is 9.62. The van der Waals surface area contributed by atoms with Crippen LogP contribution in [0.3, 0.4) is 0 Å².